The molecular weight excluding hydrogens is 793 g/mol. The predicted molar refractivity (Wildman–Crippen MR) is 223 cm³/mol. The van der Waals surface area contributed by atoms with Gasteiger partial charge in [0.1, 0.15) is 32.3 Å². The van der Waals surface area contributed by atoms with Gasteiger partial charge in [-0.05, 0) is 79.3 Å². The monoisotopic (exact) mass is 850 g/mol. The summed E-state index contributed by atoms with van der Waals surface area (Å²) in [5.41, 5.74) is 1.95. The van der Waals surface area contributed by atoms with Crippen LogP contribution in [0.25, 0.3) is 0 Å². The summed E-state index contributed by atoms with van der Waals surface area (Å²) in [6.45, 7) is 4.43. The quantitative estimate of drug-likeness (QED) is 0.0392. The average Bonchev–Trinajstić information content (AvgIpc) is 3.16. The van der Waals surface area contributed by atoms with E-state index in [9.17, 15) is 36.2 Å². The summed E-state index contributed by atoms with van der Waals surface area (Å²) < 4.78 is 77.1. The van der Waals surface area contributed by atoms with Crippen molar-refractivity contribution in [2.45, 2.75) is 139 Å². The fraction of sp³-hybridized carbons (Fsp3) is 0.455. The van der Waals surface area contributed by atoms with Crippen molar-refractivity contribution in [2.75, 3.05) is 0 Å². The molecule has 4 aromatic rings. The largest absolute Gasteiger partial charge is 2.00 e. The Morgan fingerprint density at radius 2 is 0.930 bits per heavy atom. The predicted octanol–water partition coefficient (Wildman–Crippen LogP) is 10.9. The van der Waals surface area contributed by atoms with Crippen molar-refractivity contribution < 1.29 is 45.6 Å². The molecule has 0 saturated carbocycles. The molecule has 0 unspecified atom stereocenters. The summed E-state index contributed by atoms with van der Waals surface area (Å²) in [4.78, 5) is -0.810. The van der Waals surface area contributed by atoms with Crippen LogP contribution in [0.2, 0.25) is 0 Å². The number of hydrogen-bond acceptors (Lipinski definition) is 9. The zero-order valence-corrected chi connectivity index (χ0v) is 37.3. The van der Waals surface area contributed by atoms with Crippen LogP contribution in [0.4, 0.5) is 0 Å². The van der Waals surface area contributed by atoms with E-state index in [-0.39, 0.29) is 77.1 Å². The molecule has 308 valence electrons. The fourth-order valence-electron chi connectivity index (χ4n) is 6.25. The molecule has 0 aliphatic heterocycles. The number of phenolic OH excluding ortho intramolecular Hbond substituents is 1. The van der Waals surface area contributed by atoms with Gasteiger partial charge in [-0.15, -0.1) is 0 Å². The maximum atomic E-state index is 12.3. The fourth-order valence-corrected chi connectivity index (χ4v) is 7.46. The molecule has 0 saturated heterocycles. The smallest absolute Gasteiger partial charge is 0.870 e. The first-order valence-electron chi connectivity index (χ1n) is 19.9. The Bertz CT molecular complexity index is 1840. The van der Waals surface area contributed by atoms with Gasteiger partial charge in [0.2, 0.25) is 0 Å². The van der Waals surface area contributed by atoms with E-state index in [1.165, 1.54) is 132 Å². The maximum Gasteiger partial charge on any atom is 2.00 e. The Morgan fingerprint density at radius 1 is 0.526 bits per heavy atom. The standard InChI is InChI=1S/2C22H30O5S.Ca/c2*1-2-3-4-5-6-7-8-9-12-18-15-16-20(19(23)17-18)27-21-13-10-11-14-22(21)28(24,25)26;/h2*10-11,13-17,23H,2-9,12H2,1H3,(H,24,25,26);/q;;+2/p-2. The molecule has 0 spiro atoms. The Hall–Kier alpha value is -2.84. The minimum absolute atomic E-state index is 0. The van der Waals surface area contributed by atoms with Gasteiger partial charge < -0.3 is 24.2 Å². The normalized spacial score (nSPS) is 11.3. The van der Waals surface area contributed by atoms with Gasteiger partial charge in [0.05, 0.1) is 4.90 Å². The van der Waals surface area contributed by atoms with Crippen LogP contribution in [0, 0.1) is 0 Å². The molecule has 0 aliphatic rings. The number of ether oxygens (including phenoxy) is 2. The van der Waals surface area contributed by atoms with Crippen molar-refractivity contribution in [1.29, 1.82) is 0 Å². The van der Waals surface area contributed by atoms with E-state index < -0.39 is 25.1 Å². The van der Waals surface area contributed by atoms with Crippen LogP contribution >= 0.6 is 0 Å². The van der Waals surface area contributed by atoms with E-state index in [0.29, 0.717) is 0 Å². The summed E-state index contributed by atoms with van der Waals surface area (Å²) in [6.07, 6.45) is 21.5. The first-order valence-corrected chi connectivity index (χ1v) is 22.8. The van der Waals surface area contributed by atoms with Crippen molar-refractivity contribution in [1.82, 2.24) is 0 Å². The molecule has 0 radical (unpaired) electrons. The SMILES string of the molecule is CCCCCCCCCCc1ccc(Oc2ccccc2S(=O)(=O)O)c(O)c1.CCCCCCCCCCc1ccc(Oc2ccccc2S(=O)(=O)[O-])c([O-])c1.[Ca+2]. The van der Waals surface area contributed by atoms with Crippen LogP contribution in [0.1, 0.15) is 128 Å². The second-order valence-electron chi connectivity index (χ2n) is 14.1. The van der Waals surface area contributed by atoms with Crippen molar-refractivity contribution >= 4 is 58.0 Å². The molecule has 4 rings (SSSR count). The van der Waals surface area contributed by atoms with Crippen LogP contribution in [-0.2, 0) is 33.1 Å². The second-order valence-corrected chi connectivity index (χ2v) is 16.8. The Kier molecular flexibility index (Phi) is 23.8. The van der Waals surface area contributed by atoms with Gasteiger partial charge in [0, 0.05) is 0 Å². The third-order valence-electron chi connectivity index (χ3n) is 9.35. The first-order chi connectivity index (χ1) is 26.8. The maximum absolute atomic E-state index is 12.3. The van der Waals surface area contributed by atoms with E-state index in [1.54, 1.807) is 24.3 Å². The van der Waals surface area contributed by atoms with E-state index >= 15 is 0 Å². The minimum Gasteiger partial charge on any atom is -0.870 e. The summed E-state index contributed by atoms with van der Waals surface area (Å²) in [5, 5.41) is 22.5. The van der Waals surface area contributed by atoms with E-state index in [4.69, 9.17) is 9.47 Å². The van der Waals surface area contributed by atoms with Crippen LogP contribution in [0.5, 0.6) is 34.5 Å². The molecule has 0 amide bonds. The molecule has 0 fully saturated rings. The molecule has 57 heavy (non-hydrogen) atoms. The summed E-state index contributed by atoms with van der Waals surface area (Å²) in [7, 11) is -9.08. The van der Waals surface area contributed by atoms with Gasteiger partial charge in [-0.2, -0.15) is 8.42 Å². The third kappa shape index (κ3) is 19.2. The van der Waals surface area contributed by atoms with Crippen molar-refractivity contribution in [3.8, 4) is 34.5 Å². The molecule has 2 N–H and O–H groups in total. The summed E-state index contributed by atoms with van der Waals surface area (Å²) in [5.74, 6) is -0.384. The molecular formula is C44H58CaO10S2. The van der Waals surface area contributed by atoms with E-state index in [1.807, 2.05) is 12.1 Å². The zero-order chi connectivity index (χ0) is 40.8. The summed E-state index contributed by atoms with van der Waals surface area (Å²) in [6, 6.07) is 21.3. The number of aromatic hydroxyl groups is 1. The van der Waals surface area contributed by atoms with Crippen LogP contribution < -0.4 is 14.6 Å². The second kappa shape index (κ2) is 27.0. The molecule has 10 nitrogen and oxygen atoms in total. The Balaban J connectivity index is 0.000000387. The molecule has 13 heteroatoms. The van der Waals surface area contributed by atoms with Gasteiger partial charge >= 0.3 is 37.7 Å². The van der Waals surface area contributed by atoms with Crippen LogP contribution in [-0.4, -0.2) is 68.8 Å². The topological polar surface area (TPSA) is 173 Å². The van der Waals surface area contributed by atoms with Crippen LogP contribution in [0.15, 0.2) is 94.7 Å². The van der Waals surface area contributed by atoms with Gasteiger partial charge in [0.15, 0.2) is 11.5 Å². The number of phenols is 1. The van der Waals surface area contributed by atoms with Gasteiger partial charge in [-0.1, -0.05) is 152 Å². The number of unbranched alkanes of at least 4 members (excludes halogenated alkanes) is 14. The number of hydrogen-bond donors (Lipinski definition) is 2. The Labute approximate surface area is 370 Å². The zero-order valence-electron chi connectivity index (χ0n) is 33.5. The third-order valence-corrected chi connectivity index (χ3v) is 11.1. The summed E-state index contributed by atoms with van der Waals surface area (Å²) >= 11 is 0. The molecule has 0 heterocycles. The molecule has 0 aliphatic carbocycles. The number of benzene rings is 4. The van der Waals surface area contributed by atoms with Crippen molar-refractivity contribution in [3.05, 3.63) is 96.1 Å². The number of rotatable bonds is 24. The van der Waals surface area contributed by atoms with Gasteiger partial charge in [-0.3, -0.25) is 4.55 Å². The van der Waals surface area contributed by atoms with E-state index in [0.717, 1.165) is 43.2 Å². The van der Waals surface area contributed by atoms with Gasteiger partial charge in [0.25, 0.3) is 10.1 Å². The molecule has 4 aromatic carbocycles. The number of para-hydroxylation sites is 2. The molecule has 0 atom stereocenters. The number of aryl methyl sites for hydroxylation is 2. The minimum atomic E-state index is -4.68. The van der Waals surface area contributed by atoms with Crippen molar-refractivity contribution in [2.24, 2.45) is 0 Å². The van der Waals surface area contributed by atoms with Crippen molar-refractivity contribution in [3.63, 3.8) is 0 Å². The molecule has 0 aromatic heterocycles. The van der Waals surface area contributed by atoms with Crippen LogP contribution in [0.3, 0.4) is 0 Å². The first kappa shape index (κ1) is 50.3. The average molecular weight is 851 g/mol. The van der Waals surface area contributed by atoms with Gasteiger partial charge in [-0.25, -0.2) is 8.42 Å². The Morgan fingerprint density at radius 3 is 1.39 bits per heavy atom. The van der Waals surface area contributed by atoms with E-state index in [2.05, 4.69) is 13.8 Å². The molecule has 0 bridgehead atoms.